The summed E-state index contributed by atoms with van der Waals surface area (Å²) in [7, 11) is 1.56. The average molecular weight is 300 g/mol. The fourth-order valence-electron chi connectivity index (χ4n) is 1.75. The van der Waals surface area contributed by atoms with Crippen LogP contribution in [0, 0.1) is 5.92 Å². The van der Waals surface area contributed by atoms with Crippen molar-refractivity contribution in [1.29, 1.82) is 0 Å². The lowest BCUT2D eigenvalue weighted by atomic mass is 10.2. The summed E-state index contributed by atoms with van der Waals surface area (Å²) in [6.07, 6.45) is 0. The monoisotopic (exact) mass is 300 g/mol. The van der Waals surface area contributed by atoms with Crippen LogP contribution in [0.15, 0.2) is 36.4 Å². The molecule has 0 bridgehead atoms. The van der Waals surface area contributed by atoms with E-state index >= 15 is 0 Å². The van der Waals surface area contributed by atoms with Crippen LogP contribution in [0.3, 0.4) is 0 Å². The molecule has 1 aromatic heterocycles. The van der Waals surface area contributed by atoms with Crippen molar-refractivity contribution in [3.63, 3.8) is 0 Å². The van der Waals surface area contributed by atoms with Crippen LogP contribution in [0.25, 0.3) is 0 Å². The van der Waals surface area contributed by atoms with Gasteiger partial charge in [0.2, 0.25) is 0 Å². The number of amides is 1. The van der Waals surface area contributed by atoms with Crippen molar-refractivity contribution in [2.45, 2.75) is 13.8 Å². The predicted molar refractivity (Wildman–Crippen MR) is 86.3 cm³/mol. The van der Waals surface area contributed by atoms with E-state index < -0.39 is 0 Å². The van der Waals surface area contributed by atoms with Crippen LogP contribution in [-0.2, 0) is 0 Å². The molecule has 0 saturated carbocycles. The third kappa shape index (κ3) is 4.44. The molecule has 0 fully saturated rings. The largest absolute Gasteiger partial charge is 0.497 e. The normalized spacial score (nSPS) is 10.4. The van der Waals surface area contributed by atoms with Crippen LogP contribution in [0.5, 0.6) is 5.75 Å². The molecule has 0 atom stereocenters. The van der Waals surface area contributed by atoms with Crippen molar-refractivity contribution in [3.05, 3.63) is 42.0 Å². The minimum absolute atomic E-state index is 0.254. The number of anilines is 2. The maximum Gasteiger partial charge on any atom is 0.256 e. The van der Waals surface area contributed by atoms with E-state index in [0.29, 0.717) is 28.9 Å². The van der Waals surface area contributed by atoms with Gasteiger partial charge in [0.05, 0.1) is 7.11 Å². The second-order valence-corrected chi connectivity index (χ2v) is 5.26. The van der Waals surface area contributed by atoms with Gasteiger partial charge in [-0.15, -0.1) is 10.2 Å². The Labute approximate surface area is 129 Å². The molecule has 0 unspecified atom stereocenters. The molecule has 22 heavy (non-hydrogen) atoms. The molecule has 0 saturated heterocycles. The first kappa shape index (κ1) is 15.8. The highest BCUT2D eigenvalue weighted by atomic mass is 16.5. The molecule has 2 aromatic rings. The van der Waals surface area contributed by atoms with Gasteiger partial charge in [-0.05, 0) is 36.2 Å². The molecule has 0 spiro atoms. The quantitative estimate of drug-likeness (QED) is 0.858. The molecular formula is C16H20N4O2. The Morgan fingerprint density at radius 3 is 2.55 bits per heavy atom. The second-order valence-electron chi connectivity index (χ2n) is 5.26. The predicted octanol–water partition coefficient (Wildman–Crippen LogP) is 2.81. The number of aromatic nitrogens is 2. The van der Waals surface area contributed by atoms with E-state index in [1.807, 2.05) is 0 Å². The Morgan fingerprint density at radius 2 is 1.91 bits per heavy atom. The van der Waals surface area contributed by atoms with E-state index in [4.69, 9.17) is 4.74 Å². The molecule has 0 radical (unpaired) electrons. The van der Waals surface area contributed by atoms with E-state index in [1.165, 1.54) is 0 Å². The van der Waals surface area contributed by atoms with E-state index in [1.54, 1.807) is 43.5 Å². The number of carbonyl (C=O) groups excluding carboxylic acids is 1. The number of rotatable bonds is 6. The number of ether oxygens (including phenoxy) is 1. The Balaban J connectivity index is 1.99. The first-order valence-electron chi connectivity index (χ1n) is 7.11. The van der Waals surface area contributed by atoms with Crippen molar-refractivity contribution < 1.29 is 9.53 Å². The number of methoxy groups -OCH3 is 1. The van der Waals surface area contributed by atoms with Crippen LogP contribution in [0.2, 0.25) is 0 Å². The van der Waals surface area contributed by atoms with E-state index in [-0.39, 0.29) is 5.91 Å². The lowest BCUT2D eigenvalue weighted by Crippen LogP contribution is -2.14. The average Bonchev–Trinajstić information content (AvgIpc) is 2.54. The Kier molecular flexibility index (Phi) is 5.30. The van der Waals surface area contributed by atoms with Gasteiger partial charge in [-0.25, -0.2) is 0 Å². The summed E-state index contributed by atoms with van der Waals surface area (Å²) < 4.78 is 5.10. The summed E-state index contributed by atoms with van der Waals surface area (Å²) in [6, 6.07) is 10.4. The minimum atomic E-state index is -0.254. The molecule has 2 rings (SSSR count). The zero-order valence-corrected chi connectivity index (χ0v) is 13.0. The molecule has 2 N–H and O–H groups in total. The molecule has 0 aliphatic heterocycles. The highest BCUT2D eigenvalue weighted by Gasteiger charge is 2.08. The first-order valence-corrected chi connectivity index (χ1v) is 7.11. The van der Waals surface area contributed by atoms with Crippen LogP contribution < -0.4 is 15.4 Å². The number of nitrogens with zero attached hydrogens (tertiary/aromatic N) is 2. The van der Waals surface area contributed by atoms with Crippen molar-refractivity contribution in [2.24, 2.45) is 5.92 Å². The van der Waals surface area contributed by atoms with E-state index in [9.17, 15) is 4.79 Å². The highest BCUT2D eigenvalue weighted by Crippen LogP contribution is 2.14. The molecule has 0 aliphatic rings. The zero-order chi connectivity index (χ0) is 15.9. The summed E-state index contributed by atoms with van der Waals surface area (Å²) in [4.78, 5) is 12.1. The second kappa shape index (κ2) is 7.40. The number of benzene rings is 1. The van der Waals surface area contributed by atoms with Crippen molar-refractivity contribution in [1.82, 2.24) is 10.2 Å². The third-order valence-corrected chi connectivity index (χ3v) is 2.93. The molecule has 6 nitrogen and oxygen atoms in total. The van der Waals surface area contributed by atoms with Gasteiger partial charge in [0.15, 0.2) is 5.82 Å². The van der Waals surface area contributed by atoms with Crippen molar-refractivity contribution in [2.75, 3.05) is 24.3 Å². The number of carbonyl (C=O) groups is 1. The molecule has 1 aromatic carbocycles. The van der Waals surface area contributed by atoms with Crippen molar-refractivity contribution >= 4 is 17.5 Å². The fraction of sp³-hybridized carbons (Fsp3) is 0.312. The SMILES string of the molecule is COc1cccc(C(=O)Nc2ccc(NCC(C)C)nn2)c1. The van der Waals surface area contributed by atoms with Gasteiger partial charge in [-0.1, -0.05) is 19.9 Å². The third-order valence-electron chi connectivity index (χ3n) is 2.93. The van der Waals surface area contributed by atoms with E-state index in [2.05, 4.69) is 34.7 Å². The molecule has 6 heteroatoms. The van der Waals surface area contributed by atoms with E-state index in [0.717, 1.165) is 6.54 Å². The summed E-state index contributed by atoms with van der Waals surface area (Å²) >= 11 is 0. The Bertz CT molecular complexity index is 626. The summed E-state index contributed by atoms with van der Waals surface area (Å²) in [5.41, 5.74) is 0.503. The fourth-order valence-corrected chi connectivity index (χ4v) is 1.75. The Morgan fingerprint density at radius 1 is 1.18 bits per heavy atom. The van der Waals surface area contributed by atoms with Gasteiger partial charge in [-0.2, -0.15) is 0 Å². The molecule has 0 aliphatic carbocycles. The molecule has 116 valence electrons. The van der Waals surface area contributed by atoms with Crippen molar-refractivity contribution in [3.8, 4) is 5.75 Å². The number of hydrogen-bond acceptors (Lipinski definition) is 5. The molecule has 1 amide bonds. The van der Waals surface area contributed by atoms with Gasteiger partial charge in [0, 0.05) is 12.1 Å². The summed E-state index contributed by atoms with van der Waals surface area (Å²) in [5, 5.41) is 13.9. The topological polar surface area (TPSA) is 76.1 Å². The Hall–Kier alpha value is -2.63. The molecular weight excluding hydrogens is 280 g/mol. The van der Waals surface area contributed by atoms with Gasteiger partial charge in [-0.3, -0.25) is 4.79 Å². The maximum atomic E-state index is 12.1. The van der Waals surface area contributed by atoms with Gasteiger partial charge < -0.3 is 15.4 Å². The highest BCUT2D eigenvalue weighted by molar-refractivity contribution is 6.03. The smallest absolute Gasteiger partial charge is 0.256 e. The van der Waals surface area contributed by atoms with Gasteiger partial charge >= 0.3 is 0 Å². The standard InChI is InChI=1S/C16H20N4O2/c1-11(2)10-17-14-7-8-15(20-19-14)18-16(21)12-5-4-6-13(9-12)22-3/h4-9,11H,10H2,1-3H3,(H,17,19)(H,18,20,21). The summed E-state index contributed by atoms with van der Waals surface area (Å²) in [6.45, 7) is 5.05. The number of nitrogens with one attached hydrogen (secondary N) is 2. The summed E-state index contributed by atoms with van der Waals surface area (Å²) in [5.74, 6) is 1.99. The number of hydrogen-bond donors (Lipinski definition) is 2. The van der Waals surface area contributed by atoms with Crippen LogP contribution in [0.1, 0.15) is 24.2 Å². The first-order chi connectivity index (χ1) is 10.6. The molecule has 1 heterocycles. The van der Waals surface area contributed by atoms with Crippen LogP contribution in [0.4, 0.5) is 11.6 Å². The maximum absolute atomic E-state index is 12.1. The zero-order valence-electron chi connectivity index (χ0n) is 13.0. The lowest BCUT2D eigenvalue weighted by Gasteiger charge is -2.08. The van der Waals surface area contributed by atoms with Crippen LogP contribution in [-0.4, -0.2) is 29.8 Å². The van der Waals surface area contributed by atoms with Gasteiger partial charge in [0.25, 0.3) is 5.91 Å². The lowest BCUT2D eigenvalue weighted by molar-refractivity contribution is 0.102. The van der Waals surface area contributed by atoms with Gasteiger partial charge in [0.1, 0.15) is 11.6 Å². The van der Waals surface area contributed by atoms with Crippen LogP contribution >= 0.6 is 0 Å². The minimum Gasteiger partial charge on any atom is -0.497 e.